The van der Waals surface area contributed by atoms with Gasteiger partial charge < -0.3 is 9.64 Å². The molecule has 1 aromatic carbocycles. The third-order valence-electron chi connectivity index (χ3n) is 6.14. The molecule has 0 unspecified atom stereocenters. The first-order valence-corrected chi connectivity index (χ1v) is 9.92. The summed E-state index contributed by atoms with van der Waals surface area (Å²) in [4.78, 5) is 36.8. The maximum atomic E-state index is 12.3. The van der Waals surface area contributed by atoms with Gasteiger partial charge in [-0.25, -0.2) is 9.78 Å². The van der Waals surface area contributed by atoms with Crippen molar-refractivity contribution in [2.75, 3.05) is 26.7 Å². The lowest BCUT2D eigenvalue weighted by molar-refractivity contribution is -0.130. The molecule has 7 nitrogen and oxygen atoms in total. The molecular weight excluding hydrogens is 368 g/mol. The van der Waals surface area contributed by atoms with Crippen LogP contribution in [-0.4, -0.2) is 58.4 Å². The van der Waals surface area contributed by atoms with Gasteiger partial charge in [-0.15, -0.1) is 0 Å². The van der Waals surface area contributed by atoms with Crippen molar-refractivity contribution in [1.82, 2.24) is 19.8 Å². The fraction of sp³-hybridized carbons (Fsp3) is 0.455. The number of hydrogen-bond acceptors (Lipinski definition) is 6. The molecule has 3 atom stereocenters. The summed E-state index contributed by atoms with van der Waals surface area (Å²) in [5.74, 6) is 0.515. The van der Waals surface area contributed by atoms with Gasteiger partial charge >= 0.3 is 5.97 Å². The summed E-state index contributed by atoms with van der Waals surface area (Å²) < 4.78 is 4.67. The Morgan fingerprint density at radius 1 is 1.14 bits per heavy atom. The van der Waals surface area contributed by atoms with E-state index in [0.29, 0.717) is 18.4 Å². The number of benzene rings is 1. The van der Waals surface area contributed by atoms with Crippen LogP contribution in [0, 0.1) is 18.8 Å². The maximum Gasteiger partial charge on any atom is 0.358 e. The molecule has 7 heteroatoms. The Morgan fingerprint density at radius 2 is 1.93 bits per heavy atom. The van der Waals surface area contributed by atoms with E-state index in [1.165, 1.54) is 24.4 Å². The Labute approximate surface area is 170 Å². The molecule has 2 aliphatic heterocycles. The van der Waals surface area contributed by atoms with E-state index in [-0.39, 0.29) is 17.6 Å². The van der Waals surface area contributed by atoms with Gasteiger partial charge in [-0.1, -0.05) is 24.3 Å². The molecule has 0 aliphatic carbocycles. The van der Waals surface area contributed by atoms with E-state index in [1.54, 1.807) is 13.1 Å². The molecule has 0 N–H and O–H groups in total. The number of methoxy groups -OCH3 is 1. The third kappa shape index (κ3) is 3.74. The first-order valence-electron chi connectivity index (χ1n) is 9.92. The maximum absolute atomic E-state index is 12.3. The van der Waals surface area contributed by atoms with Crippen molar-refractivity contribution in [3.63, 3.8) is 0 Å². The minimum absolute atomic E-state index is 0.122. The average Bonchev–Trinajstić information content (AvgIpc) is 3.26. The van der Waals surface area contributed by atoms with Crippen molar-refractivity contribution in [3.05, 3.63) is 59.2 Å². The number of aromatic nitrogens is 2. The second kappa shape index (κ2) is 7.91. The number of carbonyl (C=O) groups is 2. The fourth-order valence-electron chi connectivity index (χ4n) is 4.78. The lowest BCUT2D eigenvalue weighted by Gasteiger charge is -2.30. The Hall–Kier alpha value is -2.80. The van der Waals surface area contributed by atoms with Gasteiger partial charge in [0.1, 0.15) is 0 Å². The van der Waals surface area contributed by atoms with Gasteiger partial charge in [0.25, 0.3) is 0 Å². The summed E-state index contributed by atoms with van der Waals surface area (Å²) in [6.07, 6.45) is 3.10. The molecule has 2 saturated heterocycles. The number of ether oxygens (including phenoxy) is 1. The van der Waals surface area contributed by atoms with E-state index in [9.17, 15) is 9.59 Å². The molecular formula is C22H26N4O3. The van der Waals surface area contributed by atoms with Crippen molar-refractivity contribution in [3.8, 4) is 0 Å². The zero-order valence-electron chi connectivity index (χ0n) is 17.0. The zero-order chi connectivity index (χ0) is 20.5. The monoisotopic (exact) mass is 394 g/mol. The molecule has 4 rings (SSSR count). The summed E-state index contributed by atoms with van der Waals surface area (Å²) >= 11 is 0. The molecule has 0 bridgehead atoms. The van der Waals surface area contributed by atoms with Gasteiger partial charge in [-0.2, -0.15) is 0 Å². The number of aryl methyl sites for hydroxylation is 1. The Balaban J connectivity index is 1.50. The lowest BCUT2D eigenvalue weighted by Crippen LogP contribution is -2.34. The Kier molecular flexibility index (Phi) is 5.32. The van der Waals surface area contributed by atoms with E-state index < -0.39 is 5.97 Å². The van der Waals surface area contributed by atoms with Crippen LogP contribution >= 0.6 is 0 Å². The summed E-state index contributed by atoms with van der Waals surface area (Å²) in [7, 11) is 1.33. The minimum atomic E-state index is -0.481. The quantitative estimate of drug-likeness (QED) is 0.741. The number of carbonyl (C=O) groups excluding carboxylic acids is 2. The summed E-state index contributed by atoms with van der Waals surface area (Å²) in [6, 6.07) is 8.49. The summed E-state index contributed by atoms with van der Waals surface area (Å²) in [5, 5.41) is 0. The van der Waals surface area contributed by atoms with E-state index in [0.717, 1.165) is 25.3 Å². The normalized spacial score (nSPS) is 23.8. The number of likely N-dealkylation sites (tertiary alicyclic amines) is 2. The van der Waals surface area contributed by atoms with Crippen LogP contribution in [0.3, 0.4) is 0 Å². The largest absolute Gasteiger partial charge is 0.464 e. The molecule has 0 radical (unpaired) electrons. The van der Waals surface area contributed by atoms with E-state index >= 15 is 0 Å². The van der Waals surface area contributed by atoms with E-state index in [1.807, 2.05) is 11.0 Å². The van der Waals surface area contributed by atoms with Crippen molar-refractivity contribution in [1.29, 1.82) is 0 Å². The highest BCUT2D eigenvalue weighted by atomic mass is 16.5. The highest BCUT2D eigenvalue weighted by Crippen LogP contribution is 2.45. The molecule has 0 saturated carbocycles. The van der Waals surface area contributed by atoms with Crippen LogP contribution in [0.4, 0.5) is 0 Å². The van der Waals surface area contributed by atoms with Crippen molar-refractivity contribution >= 4 is 11.9 Å². The number of nitrogens with zero attached hydrogens (tertiary/aromatic N) is 4. The predicted molar refractivity (Wildman–Crippen MR) is 107 cm³/mol. The van der Waals surface area contributed by atoms with Crippen LogP contribution in [0.5, 0.6) is 0 Å². The van der Waals surface area contributed by atoms with Gasteiger partial charge in [0.15, 0.2) is 5.69 Å². The molecule has 2 aliphatic rings. The second-order valence-corrected chi connectivity index (χ2v) is 7.98. The SMILES string of the molecule is COC(=O)c1cnc(CN2C[C@@H]3CN(C(C)=O)[C@H](c4ccccc4C)[C@@H]3C2)cn1. The smallest absolute Gasteiger partial charge is 0.358 e. The van der Waals surface area contributed by atoms with Gasteiger partial charge in [0, 0.05) is 39.0 Å². The minimum Gasteiger partial charge on any atom is -0.464 e. The molecule has 29 heavy (non-hydrogen) atoms. The number of hydrogen-bond donors (Lipinski definition) is 0. The Morgan fingerprint density at radius 3 is 2.59 bits per heavy atom. The number of esters is 1. The van der Waals surface area contributed by atoms with Crippen molar-refractivity contribution in [2.45, 2.75) is 26.4 Å². The van der Waals surface area contributed by atoms with Gasteiger partial charge in [0.2, 0.25) is 5.91 Å². The van der Waals surface area contributed by atoms with Crippen LogP contribution in [0.15, 0.2) is 36.7 Å². The first-order chi connectivity index (χ1) is 14.0. The number of rotatable bonds is 4. The highest BCUT2D eigenvalue weighted by molar-refractivity contribution is 5.86. The Bertz CT molecular complexity index is 915. The molecule has 152 valence electrons. The van der Waals surface area contributed by atoms with Crippen molar-refractivity contribution in [2.24, 2.45) is 11.8 Å². The topological polar surface area (TPSA) is 75.6 Å². The summed E-state index contributed by atoms with van der Waals surface area (Å²) in [6.45, 7) is 7.10. The van der Waals surface area contributed by atoms with Gasteiger partial charge in [-0.05, 0) is 24.0 Å². The molecule has 1 amide bonds. The molecule has 0 spiro atoms. The van der Waals surface area contributed by atoms with Crippen LogP contribution in [-0.2, 0) is 16.1 Å². The molecule has 2 aromatic rings. The van der Waals surface area contributed by atoms with E-state index in [2.05, 4.69) is 44.7 Å². The first kappa shape index (κ1) is 19.5. The predicted octanol–water partition coefficient (Wildman–Crippen LogP) is 2.22. The van der Waals surface area contributed by atoms with Crippen LogP contribution in [0.1, 0.15) is 40.3 Å². The van der Waals surface area contributed by atoms with Crippen molar-refractivity contribution < 1.29 is 14.3 Å². The summed E-state index contributed by atoms with van der Waals surface area (Å²) in [5.41, 5.74) is 3.52. The molecule has 3 heterocycles. The lowest BCUT2D eigenvalue weighted by atomic mass is 9.87. The average molecular weight is 394 g/mol. The number of amides is 1. The number of fused-ring (bicyclic) bond motifs is 1. The highest BCUT2D eigenvalue weighted by Gasteiger charge is 2.48. The van der Waals surface area contributed by atoms with Crippen LogP contribution in [0.25, 0.3) is 0 Å². The van der Waals surface area contributed by atoms with Gasteiger partial charge in [0.05, 0.1) is 31.2 Å². The van der Waals surface area contributed by atoms with E-state index in [4.69, 9.17) is 0 Å². The molecule has 1 aromatic heterocycles. The van der Waals surface area contributed by atoms with Gasteiger partial charge in [-0.3, -0.25) is 14.7 Å². The third-order valence-corrected chi connectivity index (χ3v) is 6.14. The standard InChI is InChI=1S/C22H26N4O3/c1-14-6-4-5-7-18(14)21-19-13-25(10-16(19)11-26(21)15(2)27)12-17-8-24-20(9-23-17)22(28)29-3/h4-9,16,19,21H,10-13H2,1-3H3/t16-,19-,21-/m1/s1. The second-order valence-electron chi connectivity index (χ2n) is 7.98. The van der Waals surface area contributed by atoms with Crippen LogP contribution in [0.2, 0.25) is 0 Å². The fourth-order valence-corrected chi connectivity index (χ4v) is 4.78. The zero-order valence-corrected chi connectivity index (χ0v) is 17.0. The molecule has 2 fully saturated rings. The van der Waals surface area contributed by atoms with Crippen LogP contribution < -0.4 is 0 Å².